The first-order valence-corrected chi connectivity index (χ1v) is 10.3. The summed E-state index contributed by atoms with van der Waals surface area (Å²) in [6.07, 6.45) is 7.94. The Kier molecular flexibility index (Phi) is 5.75. The lowest BCUT2D eigenvalue weighted by Crippen LogP contribution is -2.63. The summed E-state index contributed by atoms with van der Waals surface area (Å²) in [7, 11) is 0. The van der Waals surface area contributed by atoms with Crippen molar-refractivity contribution in [2.75, 3.05) is 13.1 Å². The Balaban J connectivity index is 1.72. The third-order valence-electron chi connectivity index (χ3n) is 7.31. The summed E-state index contributed by atoms with van der Waals surface area (Å²) in [5.74, 6) is -0.358. The lowest BCUT2D eigenvalue weighted by atomic mass is 9.57. The van der Waals surface area contributed by atoms with Crippen molar-refractivity contribution in [2.45, 2.75) is 76.3 Å². The Morgan fingerprint density at radius 3 is 2.37 bits per heavy atom. The van der Waals surface area contributed by atoms with Crippen molar-refractivity contribution in [1.82, 2.24) is 10.2 Å². The quantitative estimate of drug-likeness (QED) is 0.527. The molecule has 2 N–H and O–H groups in total. The van der Waals surface area contributed by atoms with Gasteiger partial charge < -0.3 is 10.4 Å². The van der Waals surface area contributed by atoms with Crippen molar-refractivity contribution in [3.8, 4) is 0 Å². The number of carboxylic acids is 1. The molecule has 0 aromatic carbocycles. The van der Waals surface area contributed by atoms with Crippen LogP contribution in [0, 0.1) is 11.3 Å². The Hall–Kier alpha value is -1.69. The second-order valence-corrected chi connectivity index (χ2v) is 8.86. The van der Waals surface area contributed by atoms with Gasteiger partial charge in [0.2, 0.25) is 5.91 Å². The third-order valence-corrected chi connectivity index (χ3v) is 7.31. The molecule has 0 aromatic heterocycles. The molecule has 2 atom stereocenters. The van der Waals surface area contributed by atoms with Crippen LogP contribution in [-0.4, -0.2) is 52.8 Å². The van der Waals surface area contributed by atoms with Crippen LogP contribution in [0.3, 0.4) is 0 Å². The molecule has 6 heteroatoms. The number of carbonyl (C=O) groups is 3. The molecular formula is C21H32N2O4. The van der Waals surface area contributed by atoms with Gasteiger partial charge in [-0.2, -0.15) is 0 Å². The van der Waals surface area contributed by atoms with Gasteiger partial charge in [-0.15, -0.1) is 0 Å². The molecule has 1 heterocycles. The van der Waals surface area contributed by atoms with Crippen LogP contribution in [0.25, 0.3) is 0 Å². The summed E-state index contributed by atoms with van der Waals surface area (Å²) in [5.41, 5.74) is -0.321. The van der Waals surface area contributed by atoms with Crippen LogP contribution < -0.4 is 5.32 Å². The fourth-order valence-electron chi connectivity index (χ4n) is 5.46. The maximum absolute atomic E-state index is 13.3. The van der Waals surface area contributed by atoms with Crippen LogP contribution in [0.1, 0.15) is 64.7 Å². The van der Waals surface area contributed by atoms with E-state index in [0.717, 1.165) is 51.4 Å². The Bertz CT molecular complexity index is 605. The molecule has 150 valence electrons. The second kappa shape index (κ2) is 7.74. The van der Waals surface area contributed by atoms with E-state index in [1.807, 2.05) is 0 Å². The molecule has 1 saturated heterocycles. The van der Waals surface area contributed by atoms with E-state index in [4.69, 9.17) is 0 Å². The Labute approximate surface area is 161 Å². The van der Waals surface area contributed by atoms with Crippen LogP contribution in [0.4, 0.5) is 0 Å². The predicted octanol–water partition coefficient (Wildman–Crippen LogP) is 2.53. The Morgan fingerprint density at radius 2 is 1.85 bits per heavy atom. The van der Waals surface area contributed by atoms with Crippen LogP contribution in [0.15, 0.2) is 12.2 Å². The molecule has 6 nitrogen and oxygen atoms in total. The number of piperidine rings is 1. The number of hydrogen-bond acceptors (Lipinski definition) is 4. The molecule has 2 bridgehead atoms. The van der Waals surface area contributed by atoms with Gasteiger partial charge in [0.25, 0.3) is 0 Å². The van der Waals surface area contributed by atoms with E-state index < -0.39 is 11.4 Å². The molecule has 0 radical (unpaired) electrons. The zero-order chi connectivity index (χ0) is 19.7. The predicted molar refractivity (Wildman–Crippen MR) is 102 cm³/mol. The molecular weight excluding hydrogens is 344 g/mol. The van der Waals surface area contributed by atoms with Gasteiger partial charge in [0.15, 0.2) is 0 Å². The number of carboxylic acid groups (broad SMARTS) is 1. The number of carbonyl (C=O) groups excluding carboxylic acids is 2. The molecule has 2 unspecified atom stereocenters. The van der Waals surface area contributed by atoms with Crippen molar-refractivity contribution in [1.29, 1.82) is 0 Å². The second-order valence-electron chi connectivity index (χ2n) is 8.86. The van der Waals surface area contributed by atoms with Crippen molar-refractivity contribution < 1.29 is 19.5 Å². The van der Waals surface area contributed by atoms with E-state index in [-0.39, 0.29) is 23.4 Å². The molecule has 4 rings (SSSR count). The van der Waals surface area contributed by atoms with Gasteiger partial charge in [-0.05, 0) is 69.4 Å². The van der Waals surface area contributed by atoms with Gasteiger partial charge in [0, 0.05) is 12.1 Å². The fourth-order valence-corrected chi connectivity index (χ4v) is 5.46. The maximum atomic E-state index is 13.3. The number of fused-ring (bicyclic) bond motifs is 3. The van der Waals surface area contributed by atoms with Crippen molar-refractivity contribution in [3.05, 3.63) is 12.2 Å². The molecule has 3 aliphatic carbocycles. The fraction of sp³-hybridized carbons (Fsp3) is 0.762. The number of likely N-dealkylation sites (tertiary alicyclic amines) is 1. The van der Waals surface area contributed by atoms with Gasteiger partial charge in [-0.1, -0.05) is 19.9 Å². The van der Waals surface area contributed by atoms with Gasteiger partial charge in [-0.25, -0.2) is 0 Å². The van der Waals surface area contributed by atoms with E-state index in [2.05, 4.69) is 23.7 Å². The average Bonchev–Trinajstić information content (AvgIpc) is 2.68. The van der Waals surface area contributed by atoms with E-state index >= 15 is 0 Å². The summed E-state index contributed by atoms with van der Waals surface area (Å²) in [5, 5.41) is 12.9. The Morgan fingerprint density at radius 1 is 1.22 bits per heavy atom. The molecule has 0 aromatic rings. The first-order valence-electron chi connectivity index (χ1n) is 10.3. The topological polar surface area (TPSA) is 86.7 Å². The highest BCUT2D eigenvalue weighted by molar-refractivity contribution is 5.84. The molecule has 1 amide bonds. The maximum Gasteiger partial charge on any atom is 0.309 e. The molecule has 0 spiro atoms. The van der Waals surface area contributed by atoms with Gasteiger partial charge in [-0.3, -0.25) is 19.3 Å². The number of amides is 1. The zero-order valence-corrected chi connectivity index (χ0v) is 16.3. The van der Waals surface area contributed by atoms with Crippen LogP contribution in [0.5, 0.6) is 0 Å². The lowest BCUT2D eigenvalue weighted by molar-refractivity contribution is -0.157. The third kappa shape index (κ3) is 3.82. The van der Waals surface area contributed by atoms with E-state index in [9.17, 15) is 19.5 Å². The van der Waals surface area contributed by atoms with Crippen molar-refractivity contribution in [2.24, 2.45) is 11.3 Å². The minimum atomic E-state index is -0.681. The van der Waals surface area contributed by atoms with Crippen LogP contribution >= 0.6 is 0 Å². The first-order chi connectivity index (χ1) is 12.8. The van der Waals surface area contributed by atoms with E-state index in [1.165, 1.54) is 0 Å². The molecule has 1 aliphatic heterocycles. The minimum Gasteiger partial charge on any atom is -0.481 e. The molecule has 4 fully saturated rings. The minimum absolute atomic E-state index is 0.0463. The number of aliphatic carboxylic acids is 1. The average molecular weight is 376 g/mol. The molecule has 27 heavy (non-hydrogen) atoms. The lowest BCUT2D eigenvalue weighted by Gasteiger charge is -2.52. The summed E-state index contributed by atoms with van der Waals surface area (Å²) in [6.45, 7) is 7.15. The van der Waals surface area contributed by atoms with E-state index in [1.54, 1.807) is 0 Å². The number of nitrogens with one attached hydrogen (secondary N) is 1. The summed E-state index contributed by atoms with van der Waals surface area (Å²) < 4.78 is 0. The summed E-state index contributed by atoms with van der Waals surface area (Å²) in [4.78, 5) is 38.1. The first kappa shape index (κ1) is 20.1. The van der Waals surface area contributed by atoms with Crippen LogP contribution in [0.2, 0.25) is 0 Å². The SMILES string of the molecule is C=C(C=O)CN1CCCC(CC)C1C(=O)NC12CCC(C(=O)O)(CC1)CC2. The zero-order valence-electron chi connectivity index (χ0n) is 16.3. The van der Waals surface area contributed by atoms with E-state index in [0.29, 0.717) is 31.4 Å². The van der Waals surface area contributed by atoms with Crippen LogP contribution in [-0.2, 0) is 14.4 Å². The normalized spacial score (nSPS) is 36.2. The highest BCUT2D eigenvalue weighted by atomic mass is 16.4. The van der Waals surface area contributed by atoms with Crippen molar-refractivity contribution in [3.63, 3.8) is 0 Å². The summed E-state index contributed by atoms with van der Waals surface area (Å²) >= 11 is 0. The number of nitrogens with zero attached hydrogens (tertiary/aromatic N) is 1. The number of hydrogen-bond donors (Lipinski definition) is 2. The monoisotopic (exact) mass is 376 g/mol. The standard InChI is InChI=1S/C21H32N2O4/c1-3-16-5-4-12-23(13-15(2)14-24)17(16)18(25)22-21-9-6-20(7-10-21,8-11-21)19(26)27/h14,16-17H,2-13H2,1H3,(H,22,25)(H,26,27). The smallest absolute Gasteiger partial charge is 0.309 e. The highest BCUT2D eigenvalue weighted by Gasteiger charge is 2.53. The molecule has 4 aliphatic rings. The molecule has 3 saturated carbocycles. The van der Waals surface area contributed by atoms with Gasteiger partial charge >= 0.3 is 5.97 Å². The number of aldehydes is 1. The summed E-state index contributed by atoms with van der Waals surface area (Å²) in [6, 6.07) is -0.233. The number of rotatable bonds is 7. The van der Waals surface area contributed by atoms with Crippen molar-refractivity contribution >= 4 is 18.2 Å². The largest absolute Gasteiger partial charge is 0.481 e. The highest BCUT2D eigenvalue weighted by Crippen LogP contribution is 2.52. The van der Waals surface area contributed by atoms with Gasteiger partial charge in [0.1, 0.15) is 6.29 Å². The van der Waals surface area contributed by atoms with Gasteiger partial charge in [0.05, 0.1) is 11.5 Å².